The Kier molecular flexibility index (Phi) is 6.55. The molecule has 1 fully saturated rings. The zero-order valence-corrected chi connectivity index (χ0v) is 17.9. The van der Waals surface area contributed by atoms with Crippen LogP contribution in [0, 0.1) is 11.7 Å². The molecule has 2 heterocycles. The van der Waals surface area contributed by atoms with E-state index in [1.54, 1.807) is 11.9 Å². The molecule has 1 aliphatic rings. The maximum atomic E-state index is 13.9. The van der Waals surface area contributed by atoms with Crippen molar-refractivity contribution in [3.05, 3.63) is 41.8 Å². The molecule has 3 N–H and O–H groups in total. The molecule has 1 saturated heterocycles. The molecule has 3 unspecified atom stereocenters. The molecule has 0 spiro atoms. The van der Waals surface area contributed by atoms with Gasteiger partial charge in [0.25, 0.3) is 0 Å². The first-order valence-corrected chi connectivity index (χ1v) is 10.3. The number of benzene rings is 1. The first-order chi connectivity index (χ1) is 14.2. The van der Waals surface area contributed by atoms with Crippen LogP contribution in [-0.4, -0.2) is 45.1 Å². The Morgan fingerprint density at radius 3 is 2.47 bits per heavy atom. The smallest absolute Gasteiger partial charge is 0.243 e. The number of amides is 2. The van der Waals surface area contributed by atoms with Crippen molar-refractivity contribution in [2.75, 3.05) is 6.54 Å². The molecular weight excluding hydrogens is 385 g/mol. The molecule has 0 bridgehead atoms. The van der Waals surface area contributed by atoms with Gasteiger partial charge in [0.15, 0.2) is 5.82 Å². The molecule has 8 heteroatoms. The van der Waals surface area contributed by atoms with Crippen LogP contribution in [0.5, 0.6) is 0 Å². The SMILES string of the molecule is CC(NC(=O)C1CCCN1C(=O)C(N)C(C)C)c1ccc(-c2c(F)cnn2C)cc1. The molecule has 3 rings (SSSR count). The van der Waals surface area contributed by atoms with E-state index in [4.69, 9.17) is 5.73 Å². The van der Waals surface area contributed by atoms with E-state index in [0.29, 0.717) is 24.2 Å². The van der Waals surface area contributed by atoms with Crippen LogP contribution in [0.2, 0.25) is 0 Å². The van der Waals surface area contributed by atoms with Crippen LogP contribution in [0.3, 0.4) is 0 Å². The third-order valence-corrected chi connectivity index (χ3v) is 5.78. The molecule has 0 saturated carbocycles. The maximum Gasteiger partial charge on any atom is 0.243 e. The number of likely N-dealkylation sites (tertiary alicyclic amines) is 1. The van der Waals surface area contributed by atoms with Crippen LogP contribution in [0.25, 0.3) is 11.3 Å². The van der Waals surface area contributed by atoms with Gasteiger partial charge in [0.05, 0.1) is 18.3 Å². The highest BCUT2D eigenvalue weighted by atomic mass is 19.1. The van der Waals surface area contributed by atoms with Crippen molar-refractivity contribution in [1.29, 1.82) is 0 Å². The van der Waals surface area contributed by atoms with Crippen LogP contribution in [0.1, 0.15) is 45.2 Å². The monoisotopic (exact) mass is 415 g/mol. The molecule has 3 atom stereocenters. The highest BCUT2D eigenvalue weighted by Gasteiger charge is 2.37. The highest BCUT2D eigenvalue weighted by Crippen LogP contribution is 2.25. The Labute approximate surface area is 176 Å². The number of rotatable bonds is 6. The Hall–Kier alpha value is -2.74. The summed E-state index contributed by atoms with van der Waals surface area (Å²) in [5.41, 5.74) is 8.04. The third-order valence-electron chi connectivity index (χ3n) is 5.78. The largest absolute Gasteiger partial charge is 0.348 e. The molecule has 30 heavy (non-hydrogen) atoms. The number of hydrogen-bond donors (Lipinski definition) is 2. The van der Waals surface area contributed by atoms with E-state index in [1.165, 1.54) is 10.9 Å². The molecule has 2 amide bonds. The average molecular weight is 416 g/mol. The summed E-state index contributed by atoms with van der Waals surface area (Å²) in [6.07, 6.45) is 2.60. The summed E-state index contributed by atoms with van der Waals surface area (Å²) in [6, 6.07) is 6.00. The quantitative estimate of drug-likeness (QED) is 0.758. The summed E-state index contributed by atoms with van der Waals surface area (Å²) in [5, 5.41) is 6.92. The van der Waals surface area contributed by atoms with Crippen LogP contribution in [-0.2, 0) is 16.6 Å². The van der Waals surface area contributed by atoms with Gasteiger partial charge in [-0.2, -0.15) is 5.10 Å². The van der Waals surface area contributed by atoms with Crippen LogP contribution >= 0.6 is 0 Å². The van der Waals surface area contributed by atoms with Crippen molar-refractivity contribution in [1.82, 2.24) is 20.0 Å². The van der Waals surface area contributed by atoms with Gasteiger partial charge in [0.2, 0.25) is 11.8 Å². The number of carbonyl (C=O) groups is 2. The number of nitrogens with zero attached hydrogens (tertiary/aromatic N) is 3. The number of aromatic nitrogens is 2. The molecule has 1 aromatic heterocycles. The second kappa shape index (κ2) is 8.95. The molecule has 1 aliphatic heterocycles. The fourth-order valence-corrected chi connectivity index (χ4v) is 3.84. The lowest BCUT2D eigenvalue weighted by Crippen LogP contribution is -2.52. The first kappa shape index (κ1) is 22.0. The Morgan fingerprint density at radius 2 is 1.90 bits per heavy atom. The van der Waals surface area contributed by atoms with Gasteiger partial charge in [-0.1, -0.05) is 38.1 Å². The van der Waals surface area contributed by atoms with E-state index in [2.05, 4.69) is 10.4 Å². The minimum atomic E-state index is -0.601. The molecule has 1 aromatic carbocycles. The minimum absolute atomic E-state index is 0.0171. The highest BCUT2D eigenvalue weighted by molar-refractivity contribution is 5.90. The van der Waals surface area contributed by atoms with E-state index >= 15 is 0 Å². The lowest BCUT2D eigenvalue weighted by molar-refractivity contribution is -0.140. The molecular formula is C22H30FN5O2. The standard InChI is InChI=1S/C22H30FN5O2/c1-13(2)19(24)22(30)28-11-5-6-18(28)21(29)26-14(3)15-7-9-16(10-8-15)20-17(23)12-25-27(20)4/h7-10,12-14,18-19H,5-6,11,24H2,1-4H3,(H,26,29). The van der Waals surface area contributed by atoms with Gasteiger partial charge in [-0.15, -0.1) is 0 Å². The van der Waals surface area contributed by atoms with Gasteiger partial charge in [0.1, 0.15) is 11.7 Å². The number of nitrogens with two attached hydrogens (primary N) is 1. The minimum Gasteiger partial charge on any atom is -0.348 e. The van der Waals surface area contributed by atoms with Crippen molar-refractivity contribution in [2.45, 2.75) is 51.7 Å². The normalized spacial score (nSPS) is 18.5. The molecule has 2 aromatic rings. The molecule has 7 nitrogen and oxygen atoms in total. The van der Waals surface area contributed by atoms with Crippen LogP contribution in [0.4, 0.5) is 4.39 Å². The van der Waals surface area contributed by atoms with Crippen molar-refractivity contribution < 1.29 is 14.0 Å². The lowest BCUT2D eigenvalue weighted by Gasteiger charge is -2.29. The maximum absolute atomic E-state index is 13.9. The van der Waals surface area contributed by atoms with E-state index < -0.39 is 12.1 Å². The third kappa shape index (κ3) is 4.38. The number of carbonyl (C=O) groups excluding carboxylic acids is 2. The van der Waals surface area contributed by atoms with Crippen LogP contribution < -0.4 is 11.1 Å². The molecule has 162 valence electrons. The van der Waals surface area contributed by atoms with Gasteiger partial charge in [-0.05, 0) is 31.2 Å². The summed E-state index contributed by atoms with van der Waals surface area (Å²) in [7, 11) is 1.69. The zero-order valence-electron chi connectivity index (χ0n) is 17.9. The molecule has 0 aliphatic carbocycles. The van der Waals surface area contributed by atoms with E-state index in [9.17, 15) is 14.0 Å². The van der Waals surface area contributed by atoms with Crippen molar-refractivity contribution in [3.63, 3.8) is 0 Å². The first-order valence-electron chi connectivity index (χ1n) is 10.3. The Balaban J connectivity index is 1.67. The second-order valence-electron chi connectivity index (χ2n) is 8.28. The van der Waals surface area contributed by atoms with Gasteiger partial charge < -0.3 is 16.0 Å². The average Bonchev–Trinajstić information content (AvgIpc) is 3.33. The van der Waals surface area contributed by atoms with Crippen LogP contribution in [0.15, 0.2) is 30.5 Å². The predicted octanol–water partition coefficient (Wildman–Crippen LogP) is 2.38. The number of aryl methyl sites for hydroxylation is 1. The summed E-state index contributed by atoms with van der Waals surface area (Å²) in [6.45, 7) is 6.24. The second-order valence-corrected chi connectivity index (χ2v) is 8.28. The zero-order chi connectivity index (χ0) is 22.0. The van der Waals surface area contributed by atoms with Gasteiger partial charge >= 0.3 is 0 Å². The number of halogens is 1. The van der Waals surface area contributed by atoms with Crippen molar-refractivity contribution in [2.24, 2.45) is 18.7 Å². The van der Waals surface area contributed by atoms with E-state index in [-0.39, 0.29) is 29.6 Å². The molecule has 0 radical (unpaired) electrons. The van der Waals surface area contributed by atoms with Crippen molar-refractivity contribution in [3.8, 4) is 11.3 Å². The Morgan fingerprint density at radius 1 is 1.23 bits per heavy atom. The van der Waals surface area contributed by atoms with E-state index in [0.717, 1.165) is 12.0 Å². The predicted molar refractivity (Wildman–Crippen MR) is 113 cm³/mol. The summed E-state index contributed by atoms with van der Waals surface area (Å²) in [4.78, 5) is 27.1. The van der Waals surface area contributed by atoms with E-state index in [1.807, 2.05) is 45.0 Å². The summed E-state index contributed by atoms with van der Waals surface area (Å²) in [5.74, 6) is -0.704. The fraction of sp³-hybridized carbons (Fsp3) is 0.500. The summed E-state index contributed by atoms with van der Waals surface area (Å²) < 4.78 is 15.4. The topological polar surface area (TPSA) is 93.2 Å². The lowest BCUT2D eigenvalue weighted by atomic mass is 10.0. The number of hydrogen-bond acceptors (Lipinski definition) is 4. The number of nitrogens with one attached hydrogen (secondary N) is 1. The van der Waals surface area contributed by atoms with Crippen molar-refractivity contribution >= 4 is 11.8 Å². The Bertz CT molecular complexity index is 889. The van der Waals surface area contributed by atoms with Gasteiger partial charge in [0, 0.05) is 19.2 Å². The van der Waals surface area contributed by atoms with Gasteiger partial charge in [-0.25, -0.2) is 4.39 Å². The summed E-state index contributed by atoms with van der Waals surface area (Å²) >= 11 is 0. The fourth-order valence-electron chi connectivity index (χ4n) is 3.84. The van der Waals surface area contributed by atoms with Gasteiger partial charge in [-0.3, -0.25) is 14.3 Å².